The molecule has 0 heterocycles. The summed E-state index contributed by atoms with van der Waals surface area (Å²) in [6.07, 6.45) is -0.571. The third-order valence-corrected chi connectivity index (χ3v) is 2.08. The molecule has 0 radical (unpaired) electrons. The zero-order valence-corrected chi connectivity index (χ0v) is 8.39. The normalized spacial score (nSPS) is 15.1. The van der Waals surface area contributed by atoms with Gasteiger partial charge in [-0.05, 0) is 12.5 Å². The van der Waals surface area contributed by atoms with Crippen molar-refractivity contribution >= 4 is 0 Å². The molecule has 0 aromatic heterocycles. The van der Waals surface area contributed by atoms with Crippen molar-refractivity contribution in [2.45, 2.75) is 19.1 Å². The molecule has 3 nitrogen and oxygen atoms in total. The molecule has 2 atom stereocenters. The lowest BCUT2D eigenvalue weighted by atomic mass is 10.1. The minimum Gasteiger partial charge on any atom is -0.389 e. The molecule has 78 valence electrons. The Bertz CT molecular complexity index is 251. The highest BCUT2D eigenvalue weighted by Crippen LogP contribution is 2.15. The molecule has 3 heteroatoms. The van der Waals surface area contributed by atoms with Gasteiger partial charge in [-0.3, -0.25) is 0 Å². The summed E-state index contributed by atoms with van der Waals surface area (Å²) in [5.41, 5.74) is 6.38. The largest absolute Gasteiger partial charge is 0.389 e. The Balaban J connectivity index is 2.39. The lowest BCUT2D eigenvalue weighted by Gasteiger charge is -2.15. The highest BCUT2D eigenvalue weighted by molar-refractivity contribution is 5.16. The zero-order valence-electron chi connectivity index (χ0n) is 8.39. The molecule has 0 spiro atoms. The van der Waals surface area contributed by atoms with E-state index in [0.29, 0.717) is 0 Å². The molecule has 0 amide bonds. The highest BCUT2D eigenvalue weighted by atomic mass is 16.5. The van der Waals surface area contributed by atoms with Gasteiger partial charge < -0.3 is 15.6 Å². The van der Waals surface area contributed by atoms with Crippen LogP contribution in [0.3, 0.4) is 0 Å². The van der Waals surface area contributed by atoms with Gasteiger partial charge in [0.25, 0.3) is 0 Å². The molecule has 0 bridgehead atoms. The first-order valence-electron chi connectivity index (χ1n) is 4.78. The van der Waals surface area contributed by atoms with Crippen LogP contribution in [0.2, 0.25) is 0 Å². The van der Waals surface area contributed by atoms with Crippen LogP contribution in [0.15, 0.2) is 30.3 Å². The smallest absolute Gasteiger partial charge is 0.0895 e. The molecule has 0 saturated carbocycles. The molecule has 0 unspecified atom stereocenters. The van der Waals surface area contributed by atoms with Crippen LogP contribution >= 0.6 is 0 Å². The molecule has 0 fully saturated rings. The summed E-state index contributed by atoms with van der Waals surface area (Å²) < 4.78 is 5.45. The first kappa shape index (κ1) is 11.2. The minimum absolute atomic E-state index is 0.00241. The molecular formula is C11H17NO2. The van der Waals surface area contributed by atoms with Crippen LogP contribution in [-0.4, -0.2) is 24.4 Å². The predicted molar refractivity (Wildman–Crippen MR) is 55.9 cm³/mol. The number of ether oxygens (including phenoxy) is 1. The lowest BCUT2D eigenvalue weighted by Crippen LogP contribution is -2.25. The van der Waals surface area contributed by atoms with Gasteiger partial charge in [0.1, 0.15) is 0 Å². The van der Waals surface area contributed by atoms with E-state index in [1.165, 1.54) is 0 Å². The fraction of sp³-hybridized carbons (Fsp3) is 0.455. The van der Waals surface area contributed by atoms with Gasteiger partial charge in [0.2, 0.25) is 0 Å². The first-order chi connectivity index (χ1) is 6.74. The maximum Gasteiger partial charge on any atom is 0.0895 e. The Kier molecular flexibility index (Phi) is 4.59. The summed E-state index contributed by atoms with van der Waals surface area (Å²) in [7, 11) is 0. The number of hydrogen-bond donors (Lipinski definition) is 2. The average Bonchev–Trinajstić information content (AvgIpc) is 2.26. The molecule has 0 aliphatic rings. The number of benzene rings is 1. The van der Waals surface area contributed by atoms with Gasteiger partial charge in [0.15, 0.2) is 0 Å². The summed E-state index contributed by atoms with van der Waals surface area (Å²) >= 11 is 0. The number of aliphatic hydroxyl groups excluding tert-OH is 1. The number of hydrogen-bond acceptors (Lipinski definition) is 3. The zero-order chi connectivity index (χ0) is 10.4. The molecule has 0 aliphatic carbocycles. The fourth-order valence-corrected chi connectivity index (χ4v) is 1.14. The van der Waals surface area contributed by atoms with E-state index in [-0.39, 0.29) is 19.3 Å². The average molecular weight is 195 g/mol. The van der Waals surface area contributed by atoms with Gasteiger partial charge in [-0.2, -0.15) is 0 Å². The Morgan fingerprint density at radius 1 is 1.36 bits per heavy atom. The molecule has 14 heavy (non-hydrogen) atoms. The van der Waals surface area contributed by atoms with Crippen molar-refractivity contribution < 1.29 is 9.84 Å². The van der Waals surface area contributed by atoms with Crippen molar-refractivity contribution in [3.05, 3.63) is 35.9 Å². The van der Waals surface area contributed by atoms with Gasteiger partial charge >= 0.3 is 0 Å². The third-order valence-electron chi connectivity index (χ3n) is 2.08. The minimum atomic E-state index is -0.568. The van der Waals surface area contributed by atoms with E-state index >= 15 is 0 Å². The number of rotatable bonds is 5. The summed E-state index contributed by atoms with van der Waals surface area (Å²) in [4.78, 5) is 0. The van der Waals surface area contributed by atoms with Crippen LogP contribution in [0.1, 0.15) is 18.6 Å². The lowest BCUT2D eigenvalue weighted by molar-refractivity contribution is 0.000973. The topological polar surface area (TPSA) is 55.5 Å². The molecule has 0 saturated heterocycles. The predicted octanol–water partition coefficient (Wildman–Crippen LogP) is 1.08. The van der Waals surface area contributed by atoms with Crippen molar-refractivity contribution in [3.8, 4) is 0 Å². The van der Waals surface area contributed by atoms with E-state index in [4.69, 9.17) is 10.5 Å². The molecule has 0 aliphatic heterocycles. The summed E-state index contributed by atoms with van der Waals surface area (Å²) in [5.74, 6) is 0. The van der Waals surface area contributed by atoms with Crippen LogP contribution in [0.5, 0.6) is 0 Å². The van der Waals surface area contributed by atoms with Crippen molar-refractivity contribution in [2.75, 3.05) is 13.2 Å². The van der Waals surface area contributed by atoms with Gasteiger partial charge in [-0.15, -0.1) is 0 Å². The van der Waals surface area contributed by atoms with E-state index in [0.717, 1.165) is 5.56 Å². The number of nitrogens with two attached hydrogens (primary N) is 1. The molecule has 1 rings (SSSR count). The maximum absolute atomic E-state index is 9.20. The van der Waals surface area contributed by atoms with E-state index < -0.39 is 6.10 Å². The monoisotopic (exact) mass is 195 g/mol. The van der Waals surface area contributed by atoms with Gasteiger partial charge in [-0.25, -0.2) is 0 Å². The van der Waals surface area contributed by atoms with Crippen LogP contribution in [-0.2, 0) is 4.74 Å². The van der Waals surface area contributed by atoms with Crippen LogP contribution < -0.4 is 5.73 Å². The van der Waals surface area contributed by atoms with Crippen LogP contribution in [0.25, 0.3) is 0 Å². The Morgan fingerprint density at radius 3 is 2.57 bits per heavy atom. The van der Waals surface area contributed by atoms with Gasteiger partial charge in [0.05, 0.1) is 18.8 Å². The summed E-state index contributed by atoms with van der Waals surface area (Å²) in [6, 6.07) is 9.90. The quantitative estimate of drug-likeness (QED) is 0.739. The van der Waals surface area contributed by atoms with Gasteiger partial charge in [-0.1, -0.05) is 30.3 Å². The van der Waals surface area contributed by atoms with Crippen molar-refractivity contribution in [3.63, 3.8) is 0 Å². The van der Waals surface area contributed by atoms with E-state index in [2.05, 4.69) is 0 Å². The van der Waals surface area contributed by atoms with E-state index in [9.17, 15) is 5.11 Å². The molecule has 1 aromatic rings. The SMILES string of the molecule is C[C@H](OC[C@@H](O)CN)c1ccccc1. The molecule has 3 N–H and O–H groups in total. The standard InChI is InChI=1S/C11H17NO2/c1-9(14-8-11(13)7-12)10-5-3-2-4-6-10/h2-6,9,11,13H,7-8,12H2,1H3/t9-,11-/m0/s1. The van der Waals surface area contributed by atoms with E-state index in [1.807, 2.05) is 37.3 Å². The van der Waals surface area contributed by atoms with Crippen molar-refractivity contribution in [1.82, 2.24) is 0 Å². The molecule has 1 aromatic carbocycles. The Hall–Kier alpha value is -0.900. The first-order valence-corrected chi connectivity index (χ1v) is 4.78. The van der Waals surface area contributed by atoms with Crippen LogP contribution in [0.4, 0.5) is 0 Å². The summed E-state index contributed by atoms with van der Waals surface area (Å²) in [5, 5.41) is 9.20. The Labute approximate surface area is 84.5 Å². The van der Waals surface area contributed by atoms with Crippen molar-refractivity contribution in [1.29, 1.82) is 0 Å². The number of aliphatic hydroxyl groups is 1. The highest BCUT2D eigenvalue weighted by Gasteiger charge is 2.07. The van der Waals surface area contributed by atoms with Gasteiger partial charge in [0, 0.05) is 6.54 Å². The van der Waals surface area contributed by atoms with Crippen LogP contribution in [0, 0.1) is 0 Å². The summed E-state index contributed by atoms with van der Waals surface area (Å²) in [6.45, 7) is 2.48. The second kappa shape index (κ2) is 5.75. The fourth-order valence-electron chi connectivity index (χ4n) is 1.14. The second-order valence-corrected chi connectivity index (χ2v) is 3.28. The van der Waals surface area contributed by atoms with Crippen molar-refractivity contribution in [2.24, 2.45) is 5.73 Å². The second-order valence-electron chi connectivity index (χ2n) is 3.28. The van der Waals surface area contributed by atoms with E-state index in [1.54, 1.807) is 0 Å². The molecular weight excluding hydrogens is 178 g/mol. The maximum atomic E-state index is 9.20. The Morgan fingerprint density at radius 2 is 2.00 bits per heavy atom. The third kappa shape index (κ3) is 3.46.